The third-order valence-corrected chi connectivity index (χ3v) is 4.52. The Labute approximate surface area is 187 Å². The SMILES string of the molecule is COc1ccc(C(=O)NCCC(=O)NN=Cc2ccc(OCc3ccccc3)cc2)cc1. The largest absolute Gasteiger partial charge is 0.497 e. The predicted octanol–water partition coefficient (Wildman–Crippen LogP) is 3.54. The molecule has 0 aliphatic carbocycles. The van der Waals surface area contributed by atoms with Gasteiger partial charge in [-0.1, -0.05) is 30.3 Å². The molecule has 0 unspecified atom stereocenters. The highest BCUT2D eigenvalue weighted by Crippen LogP contribution is 2.13. The number of ether oxygens (including phenoxy) is 2. The predicted molar refractivity (Wildman–Crippen MR) is 123 cm³/mol. The van der Waals surface area contributed by atoms with Gasteiger partial charge in [0.15, 0.2) is 0 Å². The van der Waals surface area contributed by atoms with Gasteiger partial charge in [0.2, 0.25) is 5.91 Å². The Morgan fingerprint density at radius 3 is 2.28 bits per heavy atom. The summed E-state index contributed by atoms with van der Waals surface area (Å²) in [6.45, 7) is 0.707. The van der Waals surface area contributed by atoms with E-state index in [0.717, 1.165) is 16.9 Å². The number of nitrogens with zero attached hydrogens (tertiary/aromatic N) is 1. The molecule has 0 atom stereocenters. The molecule has 0 radical (unpaired) electrons. The number of carbonyl (C=O) groups excluding carboxylic acids is 2. The minimum absolute atomic E-state index is 0.117. The molecule has 0 aliphatic heterocycles. The second-order valence-corrected chi connectivity index (χ2v) is 6.87. The molecule has 3 aromatic carbocycles. The van der Waals surface area contributed by atoms with Gasteiger partial charge >= 0.3 is 0 Å². The second-order valence-electron chi connectivity index (χ2n) is 6.87. The van der Waals surface area contributed by atoms with Gasteiger partial charge in [-0.15, -0.1) is 0 Å². The summed E-state index contributed by atoms with van der Waals surface area (Å²) < 4.78 is 10.8. The highest BCUT2D eigenvalue weighted by Gasteiger charge is 2.06. The Morgan fingerprint density at radius 1 is 0.906 bits per heavy atom. The quantitative estimate of drug-likeness (QED) is 0.380. The number of hydrazone groups is 1. The van der Waals surface area contributed by atoms with Crippen LogP contribution < -0.4 is 20.2 Å². The minimum Gasteiger partial charge on any atom is -0.497 e. The number of carbonyl (C=O) groups is 2. The molecule has 0 spiro atoms. The lowest BCUT2D eigenvalue weighted by atomic mass is 10.2. The fraction of sp³-hybridized carbons (Fsp3) is 0.160. The summed E-state index contributed by atoms with van der Waals surface area (Å²) in [7, 11) is 1.56. The molecule has 3 rings (SSSR count). The Hall–Kier alpha value is -4.13. The molecule has 0 aliphatic rings. The molecule has 0 bridgehead atoms. The number of benzene rings is 3. The Morgan fingerprint density at radius 2 is 1.59 bits per heavy atom. The fourth-order valence-corrected chi connectivity index (χ4v) is 2.76. The van der Waals surface area contributed by atoms with Crippen molar-refractivity contribution in [2.45, 2.75) is 13.0 Å². The summed E-state index contributed by atoms with van der Waals surface area (Å²) in [5.74, 6) is 0.883. The molecule has 2 N–H and O–H groups in total. The van der Waals surface area contributed by atoms with Gasteiger partial charge in [-0.2, -0.15) is 5.10 Å². The number of rotatable bonds is 10. The lowest BCUT2D eigenvalue weighted by molar-refractivity contribution is -0.120. The molecule has 0 fully saturated rings. The van der Waals surface area contributed by atoms with Gasteiger partial charge in [-0.3, -0.25) is 9.59 Å². The average molecular weight is 431 g/mol. The van der Waals surface area contributed by atoms with Gasteiger partial charge in [-0.05, 0) is 59.7 Å². The normalized spacial score (nSPS) is 10.5. The van der Waals surface area contributed by atoms with Crippen LogP contribution >= 0.6 is 0 Å². The van der Waals surface area contributed by atoms with E-state index < -0.39 is 0 Å². The van der Waals surface area contributed by atoms with Gasteiger partial charge in [-0.25, -0.2) is 5.43 Å². The van der Waals surface area contributed by atoms with Crippen molar-refractivity contribution in [3.63, 3.8) is 0 Å². The van der Waals surface area contributed by atoms with Crippen LogP contribution in [0.25, 0.3) is 0 Å². The first-order valence-electron chi connectivity index (χ1n) is 10.1. The summed E-state index contributed by atoms with van der Waals surface area (Å²) in [5, 5.41) is 6.65. The first-order chi connectivity index (χ1) is 15.6. The van der Waals surface area contributed by atoms with Gasteiger partial charge in [0.25, 0.3) is 5.91 Å². The van der Waals surface area contributed by atoms with Crippen molar-refractivity contribution in [1.29, 1.82) is 0 Å². The molecule has 2 amide bonds. The number of amides is 2. The van der Waals surface area contributed by atoms with Crippen LogP contribution in [0, 0.1) is 0 Å². The number of methoxy groups -OCH3 is 1. The number of nitrogens with one attached hydrogen (secondary N) is 2. The highest BCUT2D eigenvalue weighted by atomic mass is 16.5. The maximum Gasteiger partial charge on any atom is 0.251 e. The van der Waals surface area contributed by atoms with E-state index in [2.05, 4.69) is 15.8 Å². The topological polar surface area (TPSA) is 89.0 Å². The van der Waals surface area contributed by atoms with Crippen LogP contribution in [0.4, 0.5) is 0 Å². The van der Waals surface area contributed by atoms with Crippen molar-refractivity contribution < 1.29 is 19.1 Å². The highest BCUT2D eigenvalue weighted by molar-refractivity contribution is 5.94. The van der Waals surface area contributed by atoms with Crippen LogP contribution in [-0.2, 0) is 11.4 Å². The van der Waals surface area contributed by atoms with Crippen LogP contribution in [0.5, 0.6) is 11.5 Å². The lowest BCUT2D eigenvalue weighted by Gasteiger charge is -2.06. The van der Waals surface area contributed by atoms with Gasteiger partial charge < -0.3 is 14.8 Å². The smallest absolute Gasteiger partial charge is 0.251 e. The van der Waals surface area contributed by atoms with Crippen LogP contribution in [0.2, 0.25) is 0 Å². The van der Waals surface area contributed by atoms with E-state index in [-0.39, 0.29) is 24.8 Å². The summed E-state index contributed by atoms with van der Waals surface area (Å²) in [4.78, 5) is 24.0. The first-order valence-corrected chi connectivity index (χ1v) is 10.1. The first kappa shape index (κ1) is 22.6. The Bertz CT molecular complexity index is 1030. The molecule has 0 saturated carbocycles. The van der Waals surface area contributed by atoms with Crippen molar-refractivity contribution in [2.75, 3.05) is 13.7 Å². The molecule has 164 valence electrons. The zero-order chi connectivity index (χ0) is 22.6. The minimum atomic E-state index is -0.293. The third-order valence-electron chi connectivity index (χ3n) is 4.52. The van der Waals surface area contributed by atoms with Crippen molar-refractivity contribution in [2.24, 2.45) is 5.10 Å². The van der Waals surface area contributed by atoms with E-state index in [1.807, 2.05) is 54.6 Å². The Balaban J connectivity index is 1.35. The van der Waals surface area contributed by atoms with Crippen molar-refractivity contribution in [3.05, 3.63) is 95.6 Å². The van der Waals surface area contributed by atoms with Crippen LogP contribution in [0.3, 0.4) is 0 Å². The van der Waals surface area contributed by atoms with Crippen LogP contribution in [0.1, 0.15) is 27.9 Å². The zero-order valence-corrected chi connectivity index (χ0v) is 17.8. The maximum absolute atomic E-state index is 12.1. The molecule has 32 heavy (non-hydrogen) atoms. The summed E-state index contributed by atoms with van der Waals surface area (Å²) in [6, 6.07) is 24.1. The standard InChI is InChI=1S/C25H25N3O4/c1-31-22-13-9-21(10-14-22)25(30)26-16-15-24(29)28-27-17-19-7-11-23(12-8-19)32-18-20-5-3-2-4-6-20/h2-14,17H,15-16,18H2,1H3,(H,26,30)(H,28,29). The third kappa shape index (κ3) is 7.28. The second kappa shape index (κ2) is 11.9. The van der Waals surface area contributed by atoms with E-state index in [1.54, 1.807) is 37.6 Å². The molecule has 7 nitrogen and oxygen atoms in total. The van der Waals surface area contributed by atoms with Crippen molar-refractivity contribution >= 4 is 18.0 Å². The van der Waals surface area contributed by atoms with E-state index in [9.17, 15) is 9.59 Å². The molecule has 0 aromatic heterocycles. The van der Waals surface area contributed by atoms with Gasteiger partial charge in [0.1, 0.15) is 18.1 Å². The van der Waals surface area contributed by atoms with Crippen molar-refractivity contribution in [1.82, 2.24) is 10.7 Å². The summed E-state index contributed by atoms with van der Waals surface area (Å²) in [5.41, 5.74) is 4.88. The summed E-state index contributed by atoms with van der Waals surface area (Å²) in [6.07, 6.45) is 1.67. The molecule has 3 aromatic rings. The molecule has 7 heteroatoms. The summed E-state index contributed by atoms with van der Waals surface area (Å²) >= 11 is 0. The zero-order valence-electron chi connectivity index (χ0n) is 17.8. The van der Waals surface area contributed by atoms with E-state index in [4.69, 9.17) is 9.47 Å². The van der Waals surface area contributed by atoms with E-state index >= 15 is 0 Å². The van der Waals surface area contributed by atoms with Gasteiger partial charge in [0, 0.05) is 18.5 Å². The van der Waals surface area contributed by atoms with Gasteiger partial charge in [0.05, 0.1) is 13.3 Å². The van der Waals surface area contributed by atoms with Crippen LogP contribution in [-0.4, -0.2) is 31.7 Å². The Kier molecular flexibility index (Phi) is 8.39. The fourth-order valence-electron chi connectivity index (χ4n) is 2.76. The number of hydrogen-bond donors (Lipinski definition) is 2. The molecular weight excluding hydrogens is 406 g/mol. The van der Waals surface area contributed by atoms with E-state index in [1.165, 1.54) is 0 Å². The monoisotopic (exact) mass is 431 g/mol. The van der Waals surface area contributed by atoms with E-state index in [0.29, 0.717) is 17.9 Å². The maximum atomic E-state index is 12.1. The van der Waals surface area contributed by atoms with Crippen molar-refractivity contribution in [3.8, 4) is 11.5 Å². The lowest BCUT2D eigenvalue weighted by Crippen LogP contribution is -2.29. The molecule has 0 heterocycles. The number of hydrogen-bond acceptors (Lipinski definition) is 5. The molecular formula is C25H25N3O4. The average Bonchev–Trinajstić information content (AvgIpc) is 2.84. The van der Waals surface area contributed by atoms with Crippen LogP contribution in [0.15, 0.2) is 84.0 Å². The molecule has 0 saturated heterocycles.